The third-order valence-electron chi connectivity index (χ3n) is 1.59. The topological polar surface area (TPSA) is 52.6 Å². The zero-order chi connectivity index (χ0) is 11.7. The van der Waals surface area contributed by atoms with Gasteiger partial charge in [0.25, 0.3) is 0 Å². The summed E-state index contributed by atoms with van der Waals surface area (Å²) in [7, 11) is 0. The molecule has 15 heavy (non-hydrogen) atoms. The van der Waals surface area contributed by atoms with E-state index < -0.39 is 5.97 Å². The average molecular weight is 214 g/mol. The lowest BCUT2D eigenvalue weighted by atomic mass is 10.3. The van der Waals surface area contributed by atoms with Gasteiger partial charge in [-0.25, -0.2) is 4.79 Å². The van der Waals surface area contributed by atoms with Crippen LogP contribution < -0.4 is 0 Å². The summed E-state index contributed by atoms with van der Waals surface area (Å²) in [6.45, 7) is 7.50. The van der Waals surface area contributed by atoms with Crippen molar-refractivity contribution in [2.24, 2.45) is 0 Å². The number of esters is 2. The van der Waals surface area contributed by atoms with E-state index in [4.69, 9.17) is 9.47 Å². The van der Waals surface area contributed by atoms with Crippen LogP contribution in [0.2, 0.25) is 0 Å². The second-order valence-electron chi connectivity index (χ2n) is 3.24. The van der Waals surface area contributed by atoms with E-state index in [1.54, 1.807) is 6.92 Å². The summed E-state index contributed by atoms with van der Waals surface area (Å²) in [6.07, 6.45) is 1.74. The van der Waals surface area contributed by atoms with Crippen LogP contribution >= 0.6 is 0 Å². The molecule has 0 N–H and O–H groups in total. The first-order valence-electron chi connectivity index (χ1n) is 5.06. The maximum atomic E-state index is 10.9. The van der Waals surface area contributed by atoms with E-state index >= 15 is 0 Å². The molecule has 0 aliphatic heterocycles. The van der Waals surface area contributed by atoms with Crippen molar-refractivity contribution in [2.45, 2.75) is 33.1 Å². The Labute approximate surface area is 90.2 Å². The van der Waals surface area contributed by atoms with Crippen molar-refractivity contribution < 1.29 is 19.1 Å². The van der Waals surface area contributed by atoms with Gasteiger partial charge in [-0.1, -0.05) is 13.5 Å². The molecule has 4 nitrogen and oxygen atoms in total. The van der Waals surface area contributed by atoms with Gasteiger partial charge in [0.1, 0.15) is 0 Å². The molecule has 0 spiro atoms. The molecule has 0 atom stereocenters. The normalized spacial score (nSPS) is 9.47. The van der Waals surface area contributed by atoms with Gasteiger partial charge in [-0.15, -0.1) is 0 Å². The van der Waals surface area contributed by atoms with Crippen LogP contribution in [0.5, 0.6) is 0 Å². The molecule has 0 aliphatic carbocycles. The third-order valence-corrected chi connectivity index (χ3v) is 1.59. The predicted octanol–water partition coefficient (Wildman–Crippen LogP) is 1.84. The fourth-order valence-electron chi connectivity index (χ4n) is 0.809. The van der Waals surface area contributed by atoms with Gasteiger partial charge < -0.3 is 9.47 Å². The highest BCUT2D eigenvalue weighted by Gasteiger charge is 2.03. The molecular formula is C11H18O4. The quantitative estimate of drug-likeness (QED) is 0.368. The molecule has 0 radical (unpaired) electrons. The highest BCUT2D eigenvalue weighted by Crippen LogP contribution is 1.95. The highest BCUT2D eigenvalue weighted by molar-refractivity contribution is 5.86. The van der Waals surface area contributed by atoms with Gasteiger partial charge in [-0.05, 0) is 13.3 Å². The van der Waals surface area contributed by atoms with Crippen molar-refractivity contribution in [3.8, 4) is 0 Å². The lowest BCUT2D eigenvalue weighted by Gasteiger charge is -2.05. The van der Waals surface area contributed by atoms with Crippen molar-refractivity contribution in [2.75, 3.05) is 13.2 Å². The van der Waals surface area contributed by atoms with Crippen molar-refractivity contribution in [3.63, 3.8) is 0 Å². The fraction of sp³-hybridized carbons (Fsp3) is 0.636. The Morgan fingerprint density at radius 2 is 1.80 bits per heavy atom. The van der Waals surface area contributed by atoms with Crippen molar-refractivity contribution in [3.05, 3.63) is 12.2 Å². The molecule has 0 aromatic heterocycles. The van der Waals surface area contributed by atoms with Crippen LogP contribution in [0, 0.1) is 0 Å². The predicted molar refractivity (Wildman–Crippen MR) is 56.3 cm³/mol. The number of ether oxygens (including phenoxy) is 2. The van der Waals surface area contributed by atoms with Gasteiger partial charge >= 0.3 is 11.9 Å². The number of carbonyl (C=O) groups excluding carboxylic acids is 2. The van der Waals surface area contributed by atoms with E-state index in [1.807, 2.05) is 6.92 Å². The van der Waals surface area contributed by atoms with Crippen LogP contribution in [0.1, 0.15) is 33.1 Å². The minimum atomic E-state index is -0.408. The number of hydrogen-bond acceptors (Lipinski definition) is 4. The highest BCUT2D eigenvalue weighted by atomic mass is 16.5. The molecule has 0 rings (SSSR count). The van der Waals surface area contributed by atoms with E-state index in [1.165, 1.54) is 0 Å². The fourth-order valence-corrected chi connectivity index (χ4v) is 0.809. The van der Waals surface area contributed by atoms with Crippen LogP contribution in [0.3, 0.4) is 0 Å². The molecule has 0 aromatic rings. The summed E-state index contributed by atoms with van der Waals surface area (Å²) in [5, 5.41) is 0. The van der Waals surface area contributed by atoms with Crippen LogP contribution in [0.4, 0.5) is 0 Å². The summed E-state index contributed by atoms with van der Waals surface area (Å²) >= 11 is 0. The SMILES string of the molecule is C=C(C)C(=O)OCCCOC(=O)CCC. The first-order valence-corrected chi connectivity index (χ1v) is 5.06. The molecule has 0 bridgehead atoms. The Hall–Kier alpha value is -1.32. The zero-order valence-corrected chi connectivity index (χ0v) is 9.38. The summed E-state index contributed by atoms with van der Waals surface area (Å²) in [6, 6.07) is 0. The molecule has 0 heterocycles. The molecule has 0 saturated carbocycles. The van der Waals surface area contributed by atoms with E-state index in [2.05, 4.69) is 6.58 Å². The zero-order valence-electron chi connectivity index (χ0n) is 9.38. The lowest BCUT2D eigenvalue weighted by molar-refractivity contribution is -0.144. The largest absolute Gasteiger partial charge is 0.466 e. The summed E-state index contributed by atoms with van der Waals surface area (Å²) < 4.78 is 9.69. The first kappa shape index (κ1) is 13.7. The van der Waals surface area contributed by atoms with E-state index in [9.17, 15) is 9.59 Å². The van der Waals surface area contributed by atoms with Crippen LogP contribution in [0.25, 0.3) is 0 Å². The van der Waals surface area contributed by atoms with Crippen molar-refractivity contribution in [1.29, 1.82) is 0 Å². The Balaban J connectivity index is 3.36. The van der Waals surface area contributed by atoms with Crippen molar-refractivity contribution in [1.82, 2.24) is 0 Å². The number of hydrogen-bond donors (Lipinski definition) is 0. The lowest BCUT2D eigenvalue weighted by Crippen LogP contribution is -2.10. The molecule has 86 valence electrons. The second kappa shape index (κ2) is 8.03. The van der Waals surface area contributed by atoms with Crippen LogP contribution in [-0.2, 0) is 19.1 Å². The first-order chi connectivity index (χ1) is 7.07. The number of rotatable bonds is 7. The maximum Gasteiger partial charge on any atom is 0.333 e. The molecule has 0 aromatic carbocycles. The third kappa shape index (κ3) is 7.73. The van der Waals surface area contributed by atoms with Crippen molar-refractivity contribution >= 4 is 11.9 Å². The molecular weight excluding hydrogens is 196 g/mol. The second-order valence-corrected chi connectivity index (χ2v) is 3.24. The summed E-state index contributed by atoms with van der Waals surface area (Å²) in [4.78, 5) is 21.8. The molecule has 0 saturated heterocycles. The Kier molecular flexibility index (Phi) is 7.32. The molecule has 4 heteroatoms. The van der Waals surface area contributed by atoms with E-state index in [0.717, 1.165) is 6.42 Å². The molecule has 0 aliphatic rings. The van der Waals surface area contributed by atoms with Gasteiger partial charge in [0.2, 0.25) is 0 Å². The van der Waals surface area contributed by atoms with Gasteiger partial charge in [-0.3, -0.25) is 4.79 Å². The van der Waals surface area contributed by atoms with Gasteiger partial charge in [0, 0.05) is 18.4 Å². The van der Waals surface area contributed by atoms with E-state index in [0.29, 0.717) is 25.0 Å². The number of carbonyl (C=O) groups is 2. The summed E-state index contributed by atoms with van der Waals surface area (Å²) in [5.74, 6) is -0.612. The monoisotopic (exact) mass is 214 g/mol. The van der Waals surface area contributed by atoms with Gasteiger partial charge in [0.05, 0.1) is 13.2 Å². The van der Waals surface area contributed by atoms with Gasteiger partial charge in [0.15, 0.2) is 0 Å². The Morgan fingerprint density at radius 1 is 1.20 bits per heavy atom. The molecule has 0 fully saturated rings. The van der Waals surface area contributed by atoms with Crippen LogP contribution in [-0.4, -0.2) is 25.2 Å². The van der Waals surface area contributed by atoms with Crippen LogP contribution in [0.15, 0.2) is 12.2 Å². The minimum absolute atomic E-state index is 0.205. The smallest absolute Gasteiger partial charge is 0.333 e. The van der Waals surface area contributed by atoms with Gasteiger partial charge in [-0.2, -0.15) is 0 Å². The average Bonchev–Trinajstić information content (AvgIpc) is 2.17. The summed E-state index contributed by atoms with van der Waals surface area (Å²) in [5.41, 5.74) is 0.373. The molecule has 0 amide bonds. The Morgan fingerprint density at radius 3 is 2.33 bits per heavy atom. The van der Waals surface area contributed by atoms with E-state index in [-0.39, 0.29) is 12.6 Å². The maximum absolute atomic E-state index is 10.9. The standard InChI is InChI=1S/C11H18O4/c1-4-6-10(12)14-7-5-8-15-11(13)9(2)3/h2,4-8H2,1,3H3. The minimum Gasteiger partial charge on any atom is -0.466 e. The Bertz CT molecular complexity index is 233. The molecule has 0 unspecified atom stereocenters.